The van der Waals surface area contributed by atoms with Crippen LogP contribution in [0.25, 0.3) is 0 Å². The van der Waals surface area contributed by atoms with Crippen LogP contribution in [-0.2, 0) is 88.8 Å². The predicted molar refractivity (Wildman–Crippen MR) is 263 cm³/mol. The van der Waals surface area contributed by atoms with Gasteiger partial charge in [-0.15, -0.1) is 5.06 Å². The highest BCUT2D eigenvalue weighted by atomic mass is 32.2. The number of anilines is 1. The molecule has 1 fully saturated rings. The van der Waals surface area contributed by atoms with Gasteiger partial charge < -0.3 is 51.8 Å². The van der Waals surface area contributed by atoms with E-state index in [2.05, 4.69) is 0 Å². The summed E-state index contributed by atoms with van der Waals surface area (Å²) in [5, 5.41) is 0.485. The Morgan fingerprint density at radius 2 is 1.23 bits per heavy atom. The summed E-state index contributed by atoms with van der Waals surface area (Å²) < 4.78 is 143. The quantitative estimate of drug-likeness (QED) is 0.0334. The van der Waals surface area contributed by atoms with E-state index >= 15 is 0 Å². The van der Waals surface area contributed by atoms with Gasteiger partial charge in [0.2, 0.25) is 5.69 Å². The standard InChI is InChI=1S/C49H65N3O19S3/c1-48(20-10-34-72(56,57)58)39-35-37(73(59,60)61)13-15-41(39)50(22-26-66-4)43(48)11-8-6-5-7-9-12-44-49(2,21-25-65-3)40-36-38(74(62,63)64)14-16-42(40)51(44)23-27-68-29-31-70-33-32-69-30-28-67-24-19-47(55)71-52-45(53)17-18-46(52)54/h5-9,11-16,35-36H,10,17-34H2,1-4H3,(H2-,56,57,58,59,60,61,62,63,64)/p-2. The van der Waals surface area contributed by atoms with Gasteiger partial charge in [0.05, 0.1) is 84.6 Å². The van der Waals surface area contributed by atoms with Crippen LogP contribution in [0.4, 0.5) is 11.4 Å². The summed E-state index contributed by atoms with van der Waals surface area (Å²) in [5.74, 6) is -2.50. The number of methoxy groups -OCH3 is 2. The number of nitrogens with zero attached hydrogens (tertiary/aromatic N) is 3. The third-order valence-electron chi connectivity index (χ3n) is 12.6. The van der Waals surface area contributed by atoms with Gasteiger partial charge in [0.1, 0.15) is 26.8 Å². The van der Waals surface area contributed by atoms with Gasteiger partial charge in [-0.05, 0) is 75.1 Å². The largest absolute Gasteiger partial charge is 0.748 e. The van der Waals surface area contributed by atoms with Crippen molar-refractivity contribution >= 4 is 65.2 Å². The van der Waals surface area contributed by atoms with Crippen LogP contribution in [0.1, 0.15) is 63.5 Å². The number of hydroxylamine groups is 2. The lowest BCUT2D eigenvalue weighted by atomic mass is 9.76. The third kappa shape index (κ3) is 16.2. The minimum Gasteiger partial charge on any atom is -0.748 e. The fraction of sp³-hybridized carbons (Fsp3) is 0.510. The molecule has 2 atom stereocenters. The number of ether oxygens (including phenoxy) is 6. The summed E-state index contributed by atoms with van der Waals surface area (Å²) in [6, 6.07) is 8.33. The molecule has 0 aromatic heterocycles. The number of imide groups is 1. The molecule has 0 radical (unpaired) electrons. The SMILES string of the molecule is COCC[N+]1=C(/C=C/C=C/C=C/C=C2/N(CCOCCOCCOCCOCCC(=O)ON3C(=O)CCC3=O)c3ccc(S(=O)(=O)[O-])cc3C2(C)CCOC)C(C)(CCCS(=O)(=O)[O-])c2cc(S(=O)(=O)[O-])ccc21. The average Bonchev–Trinajstić information content (AvgIpc) is 3.87. The highest BCUT2D eigenvalue weighted by molar-refractivity contribution is 7.86. The summed E-state index contributed by atoms with van der Waals surface area (Å²) in [6.07, 6.45) is 12.9. The molecule has 2 aromatic carbocycles. The number of hydrogen-bond acceptors (Lipinski definition) is 20. The Bertz CT molecular complexity index is 2810. The fourth-order valence-corrected chi connectivity index (χ4v) is 10.3. The minimum absolute atomic E-state index is 0.00980. The van der Waals surface area contributed by atoms with Crippen molar-refractivity contribution < 1.29 is 91.1 Å². The van der Waals surface area contributed by atoms with E-state index in [1.807, 2.05) is 22.5 Å². The van der Waals surface area contributed by atoms with Crippen LogP contribution in [-0.4, -0.2) is 171 Å². The molecule has 2 aromatic rings. The molecular formula is C49H63N3O19S3-2. The zero-order chi connectivity index (χ0) is 54.2. The van der Waals surface area contributed by atoms with Crippen LogP contribution in [0, 0.1) is 0 Å². The van der Waals surface area contributed by atoms with E-state index in [0.29, 0.717) is 59.4 Å². The lowest BCUT2D eigenvalue weighted by molar-refractivity contribution is -0.441. The highest BCUT2D eigenvalue weighted by Crippen LogP contribution is 2.51. The molecule has 0 spiro atoms. The van der Waals surface area contributed by atoms with E-state index < -0.39 is 69.6 Å². The van der Waals surface area contributed by atoms with Gasteiger partial charge in [0.25, 0.3) is 11.8 Å². The first-order chi connectivity index (χ1) is 35.0. The molecule has 0 saturated carbocycles. The monoisotopic (exact) mass is 1090 g/mol. The van der Waals surface area contributed by atoms with Gasteiger partial charge in [-0.2, -0.15) is 4.58 Å². The molecule has 0 aliphatic carbocycles. The maximum absolute atomic E-state index is 12.2. The summed E-state index contributed by atoms with van der Waals surface area (Å²) in [6.45, 7) is 6.74. The Hall–Kier alpha value is -5.03. The lowest BCUT2D eigenvalue weighted by Gasteiger charge is -2.30. The van der Waals surface area contributed by atoms with Crippen molar-refractivity contribution in [2.45, 2.75) is 73.0 Å². The Morgan fingerprint density at radius 1 is 0.676 bits per heavy atom. The topological polar surface area (TPSA) is 297 Å². The molecule has 1 saturated heterocycles. The second-order valence-corrected chi connectivity index (χ2v) is 21.9. The van der Waals surface area contributed by atoms with Crippen LogP contribution in [0.2, 0.25) is 0 Å². The molecule has 3 aliphatic rings. The maximum atomic E-state index is 12.2. The van der Waals surface area contributed by atoms with Crippen molar-refractivity contribution in [1.29, 1.82) is 0 Å². The van der Waals surface area contributed by atoms with E-state index in [1.54, 1.807) is 56.6 Å². The van der Waals surface area contributed by atoms with E-state index in [0.717, 1.165) is 5.70 Å². The first-order valence-electron chi connectivity index (χ1n) is 23.7. The molecule has 3 heterocycles. The minimum atomic E-state index is -4.84. The van der Waals surface area contributed by atoms with Crippen LogP contribution in [0.3, 0.4) is 0 Å². The first kappa shape index (κ1) is 59.8. The number of amides is 2. The zero-order valence-electron chi connectivity index (χ0n) is 41.8. The predicted octanol–water partition coefficient (Wildman–Crippen LogP) is 3.25. The lowest BCUT2D eigenvalue weighted by Crippen LogP contribution is -2.32. The summed E-state index contributed by atoms with van der Waals surface area (Å²) in [4.78, 5) is 41.0. The van der Waals surface area contributed by atoms with Gasteiger partial charge in [0, 0.05) is 80.5 Å². The van der Waals surface area contributed by atoms with E-state index in [-0.39, 0.29) is 96.5 Å². The summed E-state index contributed by atoms with van der Waals surface area (Å²) in [7, 11) is -11.1. The number of rotatable bonds is 32. The van der Waals surface area contributed by atoms with Crippen molar-refractivity contribution in [1.82, 2.24) is 5.06 Å². The van der Waals surface area contributed by atoms with Gasteiger partial charge in [0.15, 0.2) is 12.3 Å². The molecule has 74 heavy (non-hydrogen) atoms. The van der Waals surface area contributed by atoms with Crippen LogP contribution in [0.5, 0.6) is 0 Å². The number of hydrogen-bond donors (Lipinski definition) is 0. The number of fused-ring (bicyclic) bond motifs is 2. The number of carbonyl (C=O) groups is 3. The maximum Gasteiger partial charge on any atom is 0.335 e. The van der Waals surface area contributed by atoms with Crippen molar-refractivity contribution in [2.24, 2.45) is 0 Å². The molecular weight excluding hydrogens is 1030 g/mol. The molecule has 0 N–H and O–H groups in total. The molecule has 408 valence electrons. The molecule has 5 rings (SSSR count). The van der Waals surface area contributed by atoms with Crippen molar-refractivity contribution in [2.75, 3.05) is 104 Å². The van der Waals surface area contributed by atoms with Crippen molar-refractivity contribution in [3.8, 4) is 0 Å². The first-order valence-corrected chi connectivity index (χ1v) is 28.1. The summed E-state index contributed by atoms with van der Waals surface area (Å²) >= 11 is 0. The average molecular weight is 1090 g/mol. The highest BCUT2D eigenvalue weighted by Gasteiger charge is 2.48. The molecule has 2 unspecified atom stereocenters. The Morgan fingerprint density at radius 3 is 1.82 bits per heavy atom. The fourth-order valence-electron chi connectivity index (χ4n) is 8.84. The van der Waals surface area contributed by atoms with Crippen LogP contribution in [0.15, 0.2) is 94.4 Å². The van der Waals surface area contributed by atoms with Gasteiger partial charge in [-0.1, -0.05) is 30.4 Å². The number of carbonyl (C=O) groups excluding carboxylic acids is 3. The van der Waals surface area contributed by atoms with Crippen LogP contribution >= 0.6 is 0 Å². The van der Waals surface area contributed by atoms with Gasteiger partial charge in [-0.25, -0.2) is 30.0 Å². The van der Waals surface area contributed by atoms with Gasteiger partial charge in [-0.3, -0.25) is 9.59 Å². The number of allylic oxidation sites excluding steroid dienone is 8. The smallest absolute Gasteiger partial charge is 0.335 e. The Balaban J connectivity index is 1.22. The molecule has 22 nitrogen and oxygen atoms in total. The summed E-state index contributed by atoms with van der Waals surface area (Å²) in [5.41, 5.74) is 2.03. The Kier molecular flexibility index (Phi) is 22.0. The Labute approximate surface area is 432 Å². The van der Waals surface area contributed by atoms with Crippen molar-refractivity contribution in [3.05, 3.63) is 95.8 Å². The molecule has 0 bridgehead atoms. The van der Waals surface area contributed by atoms with E-state index in [4.69, 9.17) is 33.3 Å². The van der Waals surface area contributed by atoms with Crippen LogP contribution < -0.4 is 4.90 Å². The zero-order valence-corrected chi connectivity index (χ0v) is 44.2. The second-order valence-electron chi connectivity index (χ2n) is 17.6. The molecule has 2 amide bonds. The normalized spacial score (nSPS) is 19.9. The molecule has 3 aliphatic heterocycles. The second kappa shape index (κ2) is 27.1. The van der Waals surface area contributed by atoms with E-state index in [9.17, 15) is 53.3 Å². The van der Waals surface area contributed by atoms with E-state index in [1.165, 1.54) is 37.4 Å². The number of benzene rings is 2. The van der Waals surface area contributed by atoms with Crippen molar-refractivity contribution in [3.63, 3.8) is 0 Å². The van der Waals surface area contributed by atoms with Gasteiger partial charge >= 0.3 is 5.97 Å². The third-order valence-corrected chi connectivity index (χ3v) is 15.0. The molecule has 25 heteroatoms.